The molecule has 1 heterocycles. The molecule has 0 aliphatic carbocycles. The summed E-state index contributed by atoms with van der Waals surface area (Å²) in [5, 5.41) is 8.90. The second-order valence-electron chi connectivity index (χ2n) is 3.91. The molecule has 0 spiro atoms. The van der Waals surface area contributed by atoms with Gasteiger partial charge in [0, 0.05) is 19.2 Å². The van der Waals surface area contributed by atoms with Crippen LogP contribution < -0.4 is 16.0 Å². The Kier molecular flexibility index (Phi) is 5.35. The lowest BCUT2D eigenvalue weighted by atomic mass is 10.2. The third kappa shape index (κ3) is 3.32. The van der Waals surface area contributed by atoms with Gasteiger partial charge in [0.15, 0.2) is 0 Å². The molecule has 3 N–H and O–H groups in total. The molecule has 18 heavy (non-hydrogen) atoms. The van der Waals surface area contributed by atoms with E-state index in [2.05, 4.69) is 25.9 Å². The summed E-state index contributed by atoms with van der Waals surface area (Å²) in [6, 6.07) is -0.329. The lowest BCUT2D eigenvalue weighted by molar-refractivity contribution is -0.121. The van der Waals surface area contributed by atoms with Gasteiger partial charge in [-0.25, -0.2) is 9.97 Å². The number of aromatic nitrogens is 2. The van der Waals surface area contributed by atoms with Crippen LogP contribution in [0.25, 0.3) is 0 Å². The molecule has 0 saturated heterocycles. The molecular weight excluding hydrogens is 230 g/mol. The van der Waals surface area contributed by atoms with Crippen LogP contribution in [-0.2, 0) is 11.2 Å². The van der Waals surface area contributed by atoms with Gasteiger partial charge in [0.25, 0.3) is 0 Å². The molecule has 1 unspecified atom stereocenters. The van der Waals surface area contributed by atoms with E-state index in [0.29, 0.717) is 5.82 Å². The molecule has 0 aliphatic heterocycles. The zero-order valence-corrected chi connectivity index (χ0v) is 11.4. The molecule has 1 atom stereocenters. The zero-order valence-electron chi connectivity index (χ0n) is 11.4. The highest BCUT2D eigenvalue weighted by Gasteiger charge is 2.15. The Balaban J connectivity index is 2.94. The number of hydrogen-bond acceptors (Lipinski definition) is 5. The fraction of sp³-hybridized carbons (Fsp3) is 0.583. The topological polar surface area (TPSA) is 78.9 Å². The molecule has 0 aliphatic rings. The zero-order chi connectivity index (χ0) is 13.5. The molecule has 1 amide bonds. The maximum atomic E-state index is 11.5. The molecule has 100 valence electrons. The van der Waals surface area contributed by atoms with Crippen molar-refractivity contribution in [3.8, 4) is 0 Å². The van der Waals surface area contributed by atoms with E-state index in [1.54, 1.807) is 14.0 Å². The maximum Gasteiger partial charge on any atom is 0.241 e. The van der Waals surface area contributed by atoms with Crippen molar-refractivity contribution in [2.45, 2.75) is 33.2 Å². The molecule has 6 heteroatoms. The number of carbonyl (C=O) groups excluding carboxylic acids is 1. The average Bonchev–Trinajstić information content (AvgIpc) is 2.38. The van der Waals surface area contributed by atoms with Crippen molar-refractivity contribution in [3.05, 3.63) is 11.9 Å². The summed E-state index contributed by atoms with van der Waals surface area (Å²) in [5.41, 5.74) is 0.995. The van der Waals surface area contributed by atoms with Crippen LogP contribution >= 0.6 is 0 Å². The fourth-order valence-electron chi connectivity index (χ4n) is 1.68. The van der Waals surface area contributed by atoms with E-state index in [0.717, 1.165) is 24.3 Å². The SMILES string of the molecule is CCNc1ncnc(NC(C)C(=O)NC)c1CC. The first-order valence-electron chi connectivity index (χ1n) is 6.19. The largest absolute Gasteiger partial charge is 0.370 e. The number of amides is 1. The van der Waals surface area contributed by atoms with E-state index in [-0.39, 0.29) is 11.9 Å². The lowest BCUT2D eigenvalue weighted by Gasteiger charge is -2.17. The number of hydrogen-bond donors (Lipinski definition) is 3. The first kappa shape index (κ1) is 14.2. The predicted octanol–water partition coefficient (Wildman–Crippen LogP) is 1.02. The van der Waals surface area contributed by atoms with Crippen LogP contribution in [0.1, 0.15) is 26.3 Å². The Bertz CT molecular complexity index is 407. The molecule has 6 nitrogen and oxygen atoms in total. The van der Waals surface area contributed by atoms with Gasteiger partial charge in [-0.3, -0.25) is 4.79 Å². The molecule has 1 aromatic heterocycles. The number of carbonyl (C=O) groups is 1. The highest BCUT2D eigenvalue weighted by molar-refractivity contribution is 5.84. The van der Waals surface area contributed by atoms with Gasteiger partial charge in [-0.15, -0.1) is 0 Å². The van der Waals surface area contributed by atoms with Crippen molar-refractivity contribution in [3.63, 3.8) is 0 Å². The van der Waals surface area contributed by atoms with Crippen molar-refractivity contribution in [1.82, 2.24) is 15.3 Å². The summed E-state index contributed by atoms with van der Waals surface area (Å²) in [5.74, 6) is 1.46. The third-order valence-electron chi connectivity index (χ3n) is 2.64. The Morgan fingerprint density at radius 2 is 2.00 bits per heavy atom. The monoisotopic (exact) mass is 251 g/mol. The van der Waals surface area contributed by atoms with Gasteiger partial charge in [0.05, 0.1) is 0 Å². The Hall–Kier alpha value is -1.85. The Labute approximate surface area is 108 Å². The van der Waals surface area contributed by atoms with Gasteiger partial charge < -0.3 is 16.0 Å². The van der Waals surface area contributed by atoms with Gasteiger partial charge in [0.1, 0.15) is 24.0 Å². The third-order valence-corrected chi connectivity index (χ3v) is 2.64. The highest BCUT2D eigenvalue weighted by atomic mass is 16.2. The van der Waals surface area contributed by atoms with Crippen LogP contribution in [0.15, 0.2) is 6.33 Å². The van der Waals surface area contributed by atoms with Crippen LogP contribution in [-0.4, -0.2) is 35.5 Å². The van der Waals surface area contributed by atoms with Crippen LogP contribution in [0, 0.1) is 0 Å². The van der Waals surface area contributed by atoms with E-state index in [9.17, 15) is 4.79 Å². The number of nitrogens with zero attached hydrogens (tertiary/aromatic N) is 2. The van der Waals surface area contributed by atoms with E-state index in [1.807, 2.05) is 13.8 Å². The number of likely N-dealkylation sites (N-methyl/N-ethyl adjacent to an activating group) is 1. The summed E-state index contributed by atoms with van der Waals surface area (Å²) < 4.78 is 0. The molecule has 0 saturated carbocycles. The standard InChI is InChI=1S/C12H21N5O/c1-5-9-10(14-6-2)15-7-16-11(9)17-8(3)12(18)13-4/h7-8H,5-6H2,1-4H3,(H,13,18)(H2,14,15,16,17). The van der Waals surface area contributed by atoms with Crippen molar-refractivity contribution in [1.29, 1.82) is 0 Å². The molecular formula is C12H21N5O. The number of nitrogens with one attached hydrogen (secondary N) is 3. The molecule has 0 fully saturated rings. The highest BCUT2D eigenvalue weighted by Crippen LogP contribution is 2.20. The van der Waals surface area contributed by atoms with E-state index in [1.165, 1.54) is 6.33 Å². The molecule has 1 aromatic rings. The van der Waals surface area contributed by atoms with Gasteiger partial charge >= 0.3 is 0 Å². The van der Waals surface area contributed by atoms with Crippen LogP contribution in [0.3, 0.4) is 0 Å². The first-order valence-corrected chi connectivity index (χ1v) is 6.19. The second-order valence-corrected chi connectivity index (χ2v) is 3.91. The van der Waals surface area contributed by atoms with Gasteiger partial charge in [0.2, 0.25) is 5.91 Å². The minimum absolute atomic E-state index is 0.0688. The van der Waals surface area contributed by atoms with Crippen molar-refractivity contribution in [2.75, 3.05) is 24.2 Å². The van der Waals surface area contributed by atoms with Crippen LogP contribution in [0.5, 0.6) is 0 Å². The minimum atomic E-state index is -0.329. The van der Waals surface area contributed by atoms with E-state index in [4.69, 9.17) is 0 Å². The Morgan fingerprint density at radius 3 is 2.56 bits per heavy atom. The smallest absolute Gasteiger partial charge is 0.241 e. The van der Waals surface area contributed by atoms with Gasteiger partial charge in [-0.2, -0.15) is 0 Å². The van der Waals surface area contributed by atoms with Crippen LogP contribution in [0.4, 0.5) is 11.6 Å². The molecule has 1 rings (SSSR count). The minimum Gasteiger partial charge on any atom is -0.370 e. The molecule has 0 radical (unpaired) electrons. The summed E-state index contributed by atoms with van der Waals surface area (Å²) in [6.07, 6.45) is 2.29. The van der Waals surface area contributed by atoms with Crippen LogP contribution in [0.2, 0.25) is 0 Å². The van der Waals surface area contributed by atoms with Gasteiger partial charge in [-0.1, -0.05) is 6.92 Å². The molecule has 0 aromatic carbocycles. The number of rotatable bonds is 6. The summed E-state index contributed by atoms with van der Waals surface area (Å²) in [6.45, 7) is 6.65. The number of anilines is 2. The predicted molar refractivity (Wildman–Crippen MR) is 72.7 cm³/mol. The van der Waals surface area contributed by atoms with E-state index >= 15 is 0 Å². The van der Waals surface area contributed by atoms with Crippen molar-refractivity contribution in [2.24, 2.45) is 0 Å². The fourth-order valence-corrected chi connectivity index (χ4v) is 1.68. The summed E-state index contributed by atoms with van der Waals surface area (Å²) >= 11 is 0. The average molecular weight is 251 g/mol. The molecule has 0 bridgehead atoms. The second kappa shape index (κ2) is 6.78. The van der Waals surface area contributed by atoms with Crippen molar-refractivity contribution < 1.29 is 4.79 Å². The quantitative estimate of drug-likeness (QED) is 0.703. The first-order chi connectivity index (χ1) is 8.63. The lowest BCUT2D eigenvalue weighted by Crippen LogP contribution is -2.35. The maximum absolute atomic E-state index is 11.5. The normalized spacial score (nSPS) is 11.8. The van der Waals surface area contributed by atoms with Crippen molar-refractivity contribution >= 4 is 17.5 Å². The summed E-state index contributed by atoms with van der Waals surface area (Å²) in [7, 11) is 1.62. The van der Waals surface area contributed by atoms with E-state index < -0.39 is 0 Å². The van der Waals surface area contributed by atoms with Gasteiger partial charge in [-0.05, 0) is 20.3 Å². The summed E-state index contributed by atoms with van der Waals surface area (Å²) in [4.78, 5) is 19.9. The Morgan fingerprint density at radius 1 is 1.33 bits per heavy atom.